The molecular formula is C15H23BrN2O. The Morgan fingerprint density at radius 1 is 1.47 bits per heavy atom. The minimum Gasteiger partial charge on any atom is -0.383 e. The summed E-state index contributed by atoms with van der Waals surface area (Å²) in [6.07, 6.45) is 2.65. The van der Waals surface area contributed by atoms with Crippen LogP contribution in [0, 0.1) is 0 Å². The average molecular weight is 327 g/mol. The normalized spacial score (nSPS) is 16.4. The van der Waals surface area contributed by atoms with Gasteiger partial charge in [0.15, 0.2) is 0 Å². The van der Waals surface area contributed by atoms with E-state index in [4.69, 9.17) is 4.74 Å². The monoisotopic (exact) mass is 326 g/mol. The van der Waals surface area contributed by atoms with Crippen molar-refractivity contribution in [3.8, 4) is 0 Å². The topological polar surface area (TPSA) is 24.5 Å². The van der Waals surface area contributed by atoms with Gasteiger partial charge >= 0.3 is 0 Å². The third-order valence-corrected chi connectivity index (χ3v) is 4.41. The molecule has 1 saturated carbocycles. The van der Waals surface area contributed by atoms with E-state index in [9.17, 15) is 0 Å². The molecule has 1 atom stereocenters. The Kier molecular flexibility index (Phi) is 5.25. The van der Waals surface area contributed by atoms with E-state index in [1.54, 1.807) is 7.11 Å². The van der Waals surface area contributed by atoms with Gasteiger partial charge < -0.3 is 15.0 Å². The van der Waals surface area contributed by atoms with Crippen LogP contribution in [-0.4, -0.2) is 32.8 Å². The molecule has 1 fully saturated rings. The van der Waals surface area contributed by atoms with Crippen LogP contribution >= 0.6 is 15.9 Å². The fourth-order valence-electron chi connectivity index (χ4n) is 2.05. The molecule has 0 aliphatic heterocycles. The van der Waals surface area contributed by atoms with Gasteiger partial charge in [0.25, 0.3) is 0 Å². The number of ether oxygens (including phenoxy) is 1. The second-order valence-corrected chi connectivity index (χ2v) is 6.20. The molecule has 1 aliphatic rings. The van der Waals surface area contributed by atoms with Crippen molar-refractivity contribution < 1.29 is 4.74 Å². The van der Waals surface area contributed by atoms with Crippen LogP contribution in [0.5, 0.6) is 0 Å². The van der Waals surface area contributed by atoms with E-state index in [0.717, 1.165) is 19.2 Å². The van der Waals surface area contributed by atoms with E-state index in [0.29, 0.717) is 6.04 Å². The van der Waals surface area contributed by atoms with E-state index in [-0.39, 0.29) is 0 Å². The minimum atomic E-state index is 0.368. The number of benzene rings is 1. The quantitative estimate of drug-likeness (QED) is 0.832. The zero-order chi connectivity index (χ0) is 13.8. The van der Waals surface area contributed by atoms with Gasteiger partial charge in [-0.15, -0.1) is 0 Å². The molecule has 0 amide bonds. The minimum absolute atomic E-state index is 0.368. The van der Waals surface area contributed by atoms with Crippen LogP contribution in [0.3, 0.4) is 0 Å². The average Bonchev–Trinajstić information content (AvgIpc) is 3.20. The Morgan fingerprint density at radius 3 is 2.79 bits per heavy atom. The maximum atomic E-state index is 5.21. The van der Waals surface area contributed by atoms with E-state index in [1.807, 2.05) is 0 Å². The number of nitrogens with zero attached hydrogens (tertiary/aromatic N) is 1. The Bertz CT molecular complexity index is 421. The van der Waals surface area contributed by atoms with Crippen LogP contribution in [0.4, 0.5) is 5.69 Å². The lowest BCUT2D eigenvalue weighted by Gasteiger charge is -2.27. The van der Waals surface area contributed by atoms with Crippen LogP contribution in [0.25, 0.3) is 0 Å². The molecule has 3 nitrogen and oxygen atoms in total. The van der Waals surface area contributed by atoms with Crippen LogP contribution < -0.4 is 10.2 Å². The van der Waals surface area contributed by atoms with E-state index >= 15 is 0 Å². The van der Waals surface area contributed by atoms with E-state index < -0.39 is 0 Å². The molecule has 4 heteroatoms. The fourth-order valence-corrected chi connectivity index (χ4v) is 2.56. The van der Waals surface area contributed by atoms with Gasteiger partial charge in [-0.3, -0.25) is 0 Å². The summed E-state index contributed by atoms with van der Waals surface area (Å²) in [6.45, 7) is 3.85. The van der Waals surface area contributed by atoms with Crippen LogP contribution in [0.15, 0.2) is 22.7 Å². The summed E-state index contributed by atoms with van der Waals surface area (Å²) in [5, 5.41) is 3.54. The van der Waals surface area contributed by atoms with Gasteiger partial charge in [-0.05, 0) is 37.5 Å². The molecule has 1 N–H and O–H groups in total. The molecule has 2 rings (SSSR count). The summed E-state index contributed by atoms with van der Waals surface area (Å²) in [5.74, 6) is 0. The highest BCUT2D eigenvalue weighted by molar-refractivity contribution is 9.10. The molecule has 1 aliphatic carbocycles. The first-order chi connectivity index (χ1) is 9.11. The lowest BCUT2D eigenvalue weighted by atomic mass is 10.1. The van der Waals surface area contributed by atoms with Crippen molar-refractivity contribution in [2.75, 3.05) is 25.7 Å². The number of methoxy groups -OCH3 is 1. The van der Waals surface area contributed by atoms with Gasteiger partial charge in [0.05, 0.1) is 6.61 Å². The predicted molar refractivity (Wildman–Crippen MR) is 83.7 cm³/mol. The molecule has 0 heterocycles. The number of likely N-dealkylation sites (N-methyl/N-ethyl adjacent to an activating group) is 1. The van der Waals surface area contributed by atoms with Crippen LogP contribution in [0.1, 0.15) is 25.3 Å². The smallest absolute Gasteiger partial charge is 0.0663 e. The SMILES string of the molecule is COCC(C)N(C)c1ccc(CNC2CC2)c(Br)c1. The first-order valence-electron chi connectivity index (χ1n) is 6.85. The van der Waals surface area contributed by atoms with Gasteiger partial charge in [0.2, 0.25) is 0 Å². The summed E-state index contributed by atoms with van der Waals surface area (Å²) in [7, 11) is 3.85. The lowest BCUT2D eigenvalue weighted by molar-refractivity contribution is 0.183. The number of nitrogens with one attached hydrogen (secondary N) is 1. The molecule has 1 aromatic carbocycles. The second-order valence-electron chi connectivity index (χ2n) is 5.35. The third kappa shape index (κ3) is 4.20. The summed E-state index contributed by atoms with van der Waals surface area (Å²) in [5.41, 5.74) is 2.54. The van der Waals surface area contributed by atoms with Crippen molar-refractivity contribution in [1.29, 1.82) is 0 Å². The molecule has 0 radical (unpaired) electrons. The summed E-state index contributed by atoms with van der Waals surface area (Å²) in [4.78, 5) is 2.24. The van der Waals surface area contributed by atoms with Crippen molar-refractivity contribution in [2.45, 2.75) is 38.4 Å². The van der Waals surface area contributed by atoms with Crippen molar-refractivity contribution in [3.05, 3.63) is 28.2 Å². The van der Waals surface area contributed by atoms with E-state index in [2.05, 4.69) is 58.3 Å². The van der Waals surface area contributed by atoms with Crippen molar-refractivity contribution in [2.24, 2.45) is 0 Å². The number of anilines is 1. The molecule has 1 unspecified atom stereocenters. The van der Waals surface area contributed by atoms with Gasteiger partial charge in [0.1, 0.15) is 0 Å². The number of hydrogen-bond donors (Lipinski definition) is 1. The Morgan fingerprint density at radius 2 is 2.21 bits per heavy atom. The molecule has 0 spiro atoms. The molecule has 19 heavy (non-hydrogen) atoms. The standard InChI is InChI=1S/C15H23BrN2O/c1-11(10-19-3)18(2)14-7-4-12(15(16)8-14)9-17-13-5-6-13/h4,7-8,11,13,17H,5-6,9-10H2,1-3H3. The maximum Gasteiger partial charge on any atom is 0.0663 e. The molecule has 0 saturated heterocycles. The molecule has 1 aromatic rings. The van der Waals surface area contributed by atoms with Crippen molar-refractivity contribution >= 4 is 21.6 Å². The number of halogens is 1. The highest BCUT2D eigenvalue weighted by Gasteiger charge is 2.20. The highest BCUT2D eigenvalue weighted by Crippen LogP contribution is 2.26. The Balaban J connectivity index is 1.99. The fraction of sp³-hybridized carbons (Fsp3) is 0.600. The van der Waals surface area contributed by atoms with Crippen molar-refractivity contribution in [1.82, 2.24) is 5.32 Å². The molecule has 0 aromatic heterocycles. The molecular weight excluding hydrogens is 304 g/mol. The zero-order valence-electron chi connectivity index (χ0n) is 11.9. The lowest BCUT2D eigenvalue weighted by Crippen LogP contribution is -2.32. The Labute approximate surface area is 124 Å². The van der Waals surface area contributed by atoms with Gasteiger partial charge in [0, 0.05) is 42.9 Å². The first kappa shape index (κ1) is 14.8. The Hall–Kier alpha value is -0.580. The highest BCUT2D eigenvalue weighted by atomic mass is 79.9. The third-order valence-electron chi connectivity index (χ3n) is 3.67. The molecule has 106 valence electrons. The van der Waals surface area contributed by atoms with Crippen LogP contribution in [-0.2, 0) is 11.3 Å². The van der Waals surface area contributed by atoms with Gasteiger partial charge in [-0.25, -0.2) is 0 Å². The zero-order valence-corrected chi connectivity index (χ0v) is 13.5. The largest absolute Gasteiger partial charge is 0.383 e. The number of rotatable bonds is 7. The summed E-state index contributed by atoms with van der Waals surface area (Å²) in [6, 6.07) is 7.69. The van der Waals surface area contributed by atoms with E-state index in [1.165, 1.54) is 28.6 Å². The van der Waals surface area contributed by atoms with Crippen molar-refractivity contribution in [3.63, 3.8) is 0 Å². The van der Waals surface area contributed by atoms with Gasteiger partial charge in [-0.1, -0.05) is 22.0 Å². The van der Waals surface area contributed by atoms with Gasteiger partial charge in [-0.2, -0.15) is 0 Å². The second kappa shape index (κ2) is 6.73. The van der Waals surface area contributed by atoms with Crippen LogP contribution in [0.2, 0.25) is 0 Å². The maximum absolute atomic E-state index is 5.21. The summed E-state index contributed by atoms with van der Waals surface area (Å²) < 4.78 is 6.38. The summed E-state index contributed by atoms with van der Waals surface area (Å²) >= 11 is 3.68. The molecule has 0 bridgehead atoms. The first-order valence-corrected chi connectivity index (χ1v) is 7.64. The number of hydrogen-bond acceptors (Lipinski definition) is 3. The predicted octanol–water partition coefficient (Wildman–Crippen LogP) is 3.17.